The van der Waals surface area contributed by atoms with Crippen molar-refractivity contribution in [2.24, 2.45) is 11.0 Å². The molecule has 344 valence electrons. The third-order valence-corrected chi connectivity index (χ3v) is 12.4. The zero-order chi connectivity index (χ0) is 46.8. The van der Waals surface area contributed by atoms with Gasteiger partial charge in [-0.3, -0.25) is 34.7 Å². The number of amides is 2. The smallest absolute Gasteiger partial charge is 0.423 e. The second-order valence-electron chi connectivity index (χ2n) is 17.2. The number of Topliss-reactive ketones (excluding diaryl/α,β-unsaturated/α-hetero) is 1. The minimum absolute atomic E-state index is 0.00125. The number of benzene rings is 4. The van der Waals surface area contributed by atoms with Gasteiger partial charge in [-0.1, -0.05) is 30.3 Å². The third-order valence-electron chi connectivity index (χ3n) is 12.4. The van der Waals surface area contributed by atoms with E-state index in [-0.39, 0.29) is 47.8 Å². The summed E-state index contributed by atoms with van der Waals surface area (Å²) < 4.78 is 63.0. The molecule has 5 aromatic rings. The number of hydrogen-bond acceptors (Lipinski definition) is 10. The molecule has 2 fully saturated rings. The molecule has 0 bridgehead atoms. The zero-order valence-electron chi connectivity index (χ0n) is 36.1. The SMILES string of the molecule is CC1(C(=O)Cc2ccc([N+](=O)[O-])c(C(F)(F)F)c2)CC(c2ccc(OCCCCCn3nc(Cc4ccc(F)c(C(=O)N5CCN(C(=O)C6CC6)CC5)c4)c4ccccc4c3=O)cc2)=NN1. The molecule has 3 heterocycles. The molecule has 18 heteroatoms. The first-order valence-corrected chi connectivity index (χ1v) is 21.9. The number of nitro groups is 1. The van der Waals surface area contributed by atoms with Crippen LogP contribution in [0.2, 0.25) is 0 Å². The van der Waals surface area contributed by atoms with Gasteiger partial charge in [0.15, 0.2) is 5.78 Å². The maximum Gasteiger partial charge on any atom is 0.423 e. The molecule has 1 saturated carbocycles. The van der Waals surface area contributed by atoms with E-state index >= 15 is 4.39 Å². The van der Waals surface area contributed by atoms with Crippen LogP contribution in [0.25, 0.3) is 10.8 Å². The van der Waals surface area contributed by atoms with Crippen LogP contribution in [-0.2, 0) is 35.2 Å². The summed E-state index contributed by atoms with van der Waals surface area (Å²) in [4.78, 5) is 66.2. The number of alkyl halides is 3. The molecule has 0 spiro atoms. The van der Waals surface area contributed by atoms with Gasteiger partial charge in [0.05, 0.1) is 33.9 Å². The molecular weight excluding hydrogens is 863 g/mol. The molecule has 8 rings (SSSR count). The second-order valence-corrected chi connectivity index (χ2v) is 17.2. The Balaban J connectivity index is 0.820. The van der Waals surface area contributed by atoms with Crippen LogP contribution >= 0.6 is 0 Å². The molecule has 1 aromatic heterocycles. The molecule has 2 amide bonds. The number of halogens is 4. The number of fused-ring (bicyclic) bond motifs is 1. The Morgan fingerprint density at radius 1 is 0.894 bits per heavy atom. The second kappa shape index (κ2) is 18.9. The molecule has 3 aliphatic rings. The normalized spacial score (nSPS) is 17.4. The Bertz CT molecular complexity index is 2780. The molecule has 1 saturated heterocycles. The Kier molecular flexibility index (Phi) is 13.0. The number of ketones is 1. The van der Waals surface area contributed by atoms with Crippen LogP contribution in [0.1, 0.15) is 83.8 Å². The Morgan fingerprint density at radius 2 is 1.59 bits per heavy atom. The van der Waals surface area contributed by atoms with Crippen molar-refractivity contribution in [3.63, 3.8) is 0 Å². The van der Waals surface area contributed by atoms with Crippen molar-refractivity contribution in [1.82, 2.24) is 25.0 Å². The van der Waals surface area contributed by atoms with Crippen LogP contribution in [-0.4, -0.2) is 86.1 Å². The number of carbonyl (C=O) groups is 3. The van der Waals surface area contributed by atoms with E-state index in [0.717, 1.165) is 37.0 Å². The standard InChI is InChI=1S/C48H47F4N7O7/c1-47(43(60)28-31-10-18-42(59(64)65)38(26-31)48(50,51)52)29-41(53-55-47)32-13-15-34(16-14-32)66-24-6-2-5-19-58-46(63)36-8-4-3-7-35(36)40(54-58)27-30-9-17-39(49)37(25-30)45(62)57-22-20-56(21-23-57)44(61)33-11-12-33/h3-4,7-10,13-18,25-26,33,55H,2,5-6,11-12,19-24,27-29H2,1H3. The summed E-state index contributed by atoms with van der Waals surface area (Å²) in [6, 6.07) is 21.3. The number of aryl methyl sites for hydroxylation is 1. The number of hydrogen-bond donors (Lipinski definition) is 1. The van der Waals surface area contributed by atoms with Crippen LogP contribution in [0.4, 0.5) is 23.2 Å². The molecular formula is C48H47F4N7O7. The van der Waals surface area contributed by atoms with Gasteiger partial charge >= 0.3 is 6.18 Å². The molecule has 0 radical (unpaired) electrons. The predicted molar refractivity (Wildman–Crippen MR) is 236 cm³/mol. The van der Waals surface area contributed by atoms with Crippen molar-refractivity contribution in [1.29, 1.82) is 0 Å². The number of unbranched alkanes of at least 4 members (excludes halogenated alkanes) is 2. The van der Waals surface area contributed by atoms with Gasteiger partial charge in [0.25, 0.3) is 17.2 Å². The number of carbonyl (C=O) groups excluding carboxylic acids is 3. The van der Waals surface area contributed by atoms with Gasteiger partial charge in [0, 0.05) is 69.4 Å². The fraction of sp³-hybridized carbons (Fsp3) is 0.375. The van der Waals surface area contributed by atoms with Gasteiger partial charge in [-0.15, -0.1) is 0 Å². The predicted octanol–water partition coefficient (Wildman–Crippen LogP) is 7.27. The average molecular weight is 910 g/mol. The lowest BCUT2D eigenvalue weighted by Crippen LogP contribution is -2.51. The molecule has 66 heavy (non-hydrogen) atoms. The number of rotatable bonds is 16. The van der Waals surface area contributed by atoms with Crippen molar-refractivity contribution in [2.75, 3.05) is 32.8 Å². The Labute approximate surface area is 376 Å². The lowest BCUT2D eigenvalue weighted by atomic mass is 9.86. The summed E-state index contributed by atoms with van der Waals surface area (Å²) in [7, 11) is 0. The lowest BCUT2D eigenvalue weighted by Gasteiger charge is -2.35. The minimum Gasteiger partial charge on any atom is -0.494 e. The van der Waals surface area contributed by atoms with Crippen LogP contribution in [0.15, 0.2) is 94.8 Å². The highest BCUT2D eigenvalue weighted by Gasteiger charge is 2.41. The Morgan fingerprint density at radius 3 is 2.29 bits per heavy atom. The summed E-state index contributed by atoms with van der Waals surface area (Å²) in [5.41, 5.74) is 1.43. The number of nitrogens with zero attached hydrogens (tertiary/aromatic N) is 6. The number of nitro benzene ring substituents is 1. The number of piperazine rings is 1. The van der Waals surface area contributed by atoms with E-state index in [0.29, 0.717) is 91.7 Å². The van der Waals surface area contributed by atoms with Crippen LogP contribution < -0.4 is 15.7 Å². The van der Waals surface area contributed by atoms with Gasteiger partial charge in [0.2, 0.25) is 5.91 Å². The van der Waals surface area contributed by atoms with E-state index in [9.17, 15) is 42.5 Å². The quantitative estimate of drug-likeness (QED) is 0.0464. The monoisotopic (exact) mass is 909 g/mol. The van der Waals surface area contributed by atoms with Crippen LogP contribution in [0.5, 0.6) is 5.75 Å². The number of aromatic nitrogens is 2. The topological polar surface area (TPSA) is 169 Å². The van der Waals surface area contributed by atoms with E-state index in [1.54, 1.807) is 65.3 Å². The van der Waals surface area contributed by atoms with Crippen LogP contribution in [0.3, 0.4) is 0 Å². The molecule has 1 aliphatic carbocycles. The van der Waals surface area contributed by atoms with E-state index in [1.807, 2.05) is 12.1 Å². The molecule has 2 aliphatic heterocycles. The van der Waals surface area contributed by atoms with Gasteiger partial charge in [-0.2, -0.15) is 23.4 Å². The first-order valence-electron chi connectivity index (χ1n) is 21.9. The number of ether oxygens (including phenoxy) is 1. The van der Waals surface area contributed by atoms with Gasteiger partial charge in [-0.25, -0.2) is 9.07 Å². The number of nitrogens with one attached hydrogen (secondary N) is 1. The Hall–Kier alpha value is -6.98. The lowest BCUT2D eigenvalue weighted by molar-refractivity contribution is -0.388. The molecule has 4 aromatic carbocycles. The van der Waals surface area contributed by atoms with Gasteiger partial charge in [-0.05, 0) is 104 Å². The zero-order valence-corrected chi connectivity index (χ0v) is 36.1. The van der Waals surface area contributed by atoms with Crippen molar-refractivity contribution < 1.29 is 41.6 Å². The van der Waals surface area contributed by atoms with Crippen molar-refractivity contribution in [3.8, 4) is 5.75 Å². The fourth-order valence-corrected chi connectivity index (χ4v) is 8.38. The number of hydrazone groups is 1. The first-order chi connectivity index (χ1) is 31.6. The summed E-state index contributed by atoms with van der Waals surface area (Å²) >= 11 is 0. The summed E-state index contributed by atoms with van der Waals surface area (Å²) in [6.07, 6.45) is -1.04. The molecule has 1 atom stereocenters. The maximum absolute atomic E-state index is 15.1. The van der Waals surface area contributed by atoms with Crippen molar-refractivity contribution in [2.45, 2.75) is 76.6 Å². The van der Waals surface area contributed by atoms with Gasteiger partial charge in [0.1, 0.15) is 22.7 Å². The van der Waals surface area contributed by atoms with Crippen molar-refractivity contribution in [3.05, 3.63) is 145 Å². The highest BCUT2D eigenvalue weighted by atomic mass is 19.4. The van der Waals surface area contributed by atoms with E-state index in [1.165, 1.54) is 10.7 Å². The third kappa shape index (κ3) is 10.1. The average Bonchev–Trinajstić information content (AvgIpc) is 4.09. The largest absolute Gasteiger partial charge is 0.494 e. The highest BCUT2D eigenvalue weighted by Crippen LogP contribution is 2.37. The molecule has 14 nitrogen and oxygen atoms in total. The molecule has 1 unspecified atom stereocenters. The first kappa shape index (κ1) is 45.6. The fourth-order valence-electron chi connectivity index (χ4n) is 8.38. The summed E-state index contributed by atoms with van der Waals surface area (Å²) in [6.45, 7) is 3.88. The van der Waals surface area contributed by atoms with E-state index < -0.39 is 45.4 Å². The molecule has 1 N–H and O–H groups in total. The van der Waals surface area contributed by atoms with Gasteiger partial charge < -0.3 is 14.5 Å². The minimum atomic E-state index is -4.96. The summed E-state index contributed by atoms with van der Waals surface area (Å²) in [5.74, 6) is -0.639. The maximum atomic E-state index is 15.1. The highest BCUT2D eigenvalue weighted by molar-refractivity contribution is 6.07. The summed E-state index contributed by atoms with van der Waals surface area (Å²) in [5, 5.41) is 21.4. The van der Waals surface area contributed by atoms with E-state index in [4.69, 9.17) is 9.84 Å². The van der Waals surface area contributed by atoms with Crippen molar-refractivity contribution >= 4 is 39.8 Å². The van der Waals surface area contributed by atoms with E-state index in [2.05, 4.69) is 10.5 Å². The van der Waals surface area contributed by atoms with Crippen LogP contribution in [0, 0.1) is 21.8 Å².